The molecule has 0 heterocycles. The summed E-state index contributed by atoms with van der Waals surface area (Å²) in [5.74, 6) is 0. The fourth-order valence-corrected chi connectivity index (χ4v) is 1.30. The van der Waals surface area contributed by atoms with Gasteiger partial charge in [0.15, 0.2) is 6.29 Å². The fraction of sp³-hybridized carbons (Fsp3) is 0.417. The third-order valence-electron chi connectivity index (χ3n) is 2.24. The summed E-state index contributed by atoms with van der Waals surface area (Å²) in [6.45, 7) is 0.588. The molecule has 0 aliphatic carbocycles. The van der Waals surface area contributed by atoms with Gasteiger partial charge >= 0.3 is 0 Å². The van der Waals surface area contributed by atoms with E-state index < -0.39 is 0 Å². The van der Waals surface area contributed by atoms with Crippen LogP contribution < -0.4 is 5.32 Å². The number of nitrogens with zero attached hydrogens (tertiary/aromatic N) is 1. The minimum atomic E-state index is -0.251. The van der Waals surface area contributed by atoms with Crippen molar-refractivity contribution in [2.75, 3.05) is 26.1 Å². The van der Waals surface area contributed by atoms with E-state index >= 15 is 0 Å². The van der Waals surface area contributed by atoms with Crippen LogP contribution in [-0.4, -0.2) is 27.1 Å². The van der Waals surface area contributed by atoms with Crippen molar-refractivity contribution in [3.63, 3.8) is 0 Å². The van der Waals surface area contributed by atoms with Crippen LogP contribution in [-0.2, 0) is 15.9 Å². The normalized spacial score (nSPS) is 10.1. The molecule has 0 fully saturated rings. The number of hydrogen-bond acceptors (Lipinski definition) is 4. The van der Waals surface area contributed by atoms with Crippen LogP contribution in [0.2, 0.25) is 0 Å². The molecule has 86 valence electrons. The standard InChI is InChI=1S/C12H16N2O2/c1-15-12(16-2)9-14-11-5-3-10(4-6-11)7-8-13/h3-6,12,14H,7,9H2,1-2H3. The SMILES string of the molecule is COC(CNc1ccc(CC#N)cc1)OC. The zero-order chi connectivity index (χ0) is 11.8. The minimum absolute atomic E-state index is 0.251. The van der Waals surface area contributed by atoms with Crippen molar-refractivity contribution in [2.45, 2.75) is 12.7 Å². The van der Waals surface area contributed by atoms with Gasteiger partial charge in [-0.05, 0) is 17.7 Å². The maximum atomic E-state index is 8.53. The molecule has 0 aliphatic rings. The maximum Gasteiger partial charge on any atom is 0.173 e. The van der Waals surface area contributed by atoms with Crippen LogP contribution in [0.1, 0.15) is 5.56 Å². The predicted molar refractivity (Wildman–Crippen MR) is 62.1 cm³/mol. The largest absolute Gasteiger partial charge is 0.380 e. The predicted octanol–water partition coefficient (Wildman–Crippen LogP) is 1.78. The van der Waals surface area contributed by atoms with E-state index in [1.54, 1.807) is 14.2 Å². The van der Waals surface area contributed by atoms with Gasteiger partial charge in [-0.2, -0.15) is 5.26 Å². The Morgan fingerprint density at radius 3 is 2.38 bits per heavy atom. The summed E-state index contributed by atoms with van der Waals surface area (Å²) in [5, 5.41) is 11.7. The molecule has 1 rings (SSSR count). The number of hydrogen-bond donors (Lipinski definition) is 1. The first kappa shape index (κ1) is 12.5. The van der Waals surface area contributed by atoms with E-state index in [9.17, 15) is 0 Å². The molecular weight excluding hydrogens is 204 g/mol. The van der Waals surface area contributed by atoms with Gasteiger partial charge in [-0.25, -0.2) is 0 Å². The van der Waals surface area contributed by atoms with E-state index in [0.29, 0.717) is 13.0 Å². The van der Waals surface area contributed by atoms with Crippen molar-refractivity contribution < 1.29 is 9.47 Å². The molecule has 1 aromatic rings. The second kappa shape index (κ2) is 6.83. The van der Waals surface area contributed by atoms with E-state index in [1.165, 1.54) is 0 Å². The average Bonchev–Trinajstić information content (AvgIpc) is 2.33. The first-order valence-corrected chi connectivity index (χ1v) is 5.05. The Balaban J connectivity index is 2.46. The van der Waals surface area contributed by atoms with Gasteiger partial charge in [-0.3, -0.25) is 0 Å². The molecule has 4 heteroatoms. The zero-order valence-corrected chi connectivity index (χ0v) is 9.56. The Morgan fingerprint density at radius 1 is 1.25 bits per heavy atom. The Morgan fingerprint density at radius 2 is 1.88 bits per heavy atom. The molecule has 0 amide bonds. The Hall–Kier alpha value is -1.57. The highest BCUT2D eigenvalue weighted by molar-refractivity contribution is 5.44. The Labute approximate surface area is 95.8 Å². The monoisotopic (exact) mass is 220 g/mol. The lowest BCUT2D eigenvalue weighted by Crippen LogP contribution is -2.23. The molecular formula is C12H16N2O2. The first-order valence-electron chi connectivity index (χ1n) is 5.05. The van der Waals surface area contributed by atoms with Crippen molar-refractivity contribution in [3.05, 3.63) is 29.8 Å². The van der Waals surface area contributed by atoms with Gasteiger partial charge in [0.25, 0.3) is 0 Å². The molecule has 0 aromatic heterocycles. The zero-order valence-electron chi connectivity index (χ0n) is 9.56. The molecule has 0 bridgehead atoms. The third-order valence-corrected chi connectivity index (χ3v) is 2.24. The molecule has 4 nitrogen and oxygen atoms in total. The summed E-state index contributed by atoms with van der Waals surface area (Å²) in [7, 11) is 3.21. The first-order chi connectivity index (χ1) is 7.80. The van der Waals surface area contributed by atoms with Crippen molar-refractivity contribution in [1.29, 1.82) is 5.26 Å². The molecule has 1 aromatic carbocycles. The average molecular weight is 220 g/mol. The highest BCUT2D eigenvalue weighted by Crippen LogP contribution is 2.10. The summed E-state index contributed by atoms with van der Waals surface area (Å²) < 4.78 is 10.1. The van der Waals surface area contributed by atoms with Crippen LogP contribution in [0.25, 0.3) is 0 Å². The van der Waals surface area contributed by atoms with Crippen LogP contribution in [0.3, 0.4) is 0 Å². The van der Waals surface area contributed by atoms with Gasteiger partial charge in [0.2, 0.25) is 0 Å². The lowest BCUT2D eigenvalue weighted by Gasteiger charge is -2.14. The van der Waals surface area contributed by atoms with Crippen molar-refractivity contribution in [3.8, 4) is 6.07 Å². The van der Waals surface area contributed by atoms with Crippen LogP contribution in [0.5, 0.6) is 0 Å². The van der Waals surface area contributed by atoms with Crippen LogP contribution in [0.4, 0.5) is 5.69 Å². The lowest BCUT2D eigenvalue weighted by atomic mass is 10.1. The molecule has 1 N–H and O–H groups in total. The summed E-state index contributed by atoms with van der Waals surface area (Å²) in [6.07, 6.45) is 0.192. The third kappa shape index (κ3) is 3.89. The van der Waals surface area contributed by atoms with Gasteiger partial charge in [0.1, 0.15) is 0 Å². The number of ether oxygens (including phenoxy) is 2. The summed E-state index contributed by atoms with van der Waals surface area (Å²) in [6, 6.07) is 9.85. The fourth-order valence-electron chi connectivity index (χ4n) is 1.30. The Kier molecular flexibility index (Phi) is 5.34. The number of benzene rings is 1. The molecule has 0 saturated heterocycles. The molecule has 0 atom stereocenters. The maximum absolute atomic E-state index is 8.53. The van der Waals surface area contributed by atoms with Crippen LogP contribution in [0.15, 0.2) is 24.3 Å². The smallest absolute Gasteiger partial charge is 0.173 e. The minimum Gasteiger partial charge on any atom is -0.380 e. The van der Waals surface area contributed by atoms with Crippen molar-refractivity contribution in [1.82, 2.24) is 0 Å². The van der Waals surface area contributed by atoms with Crippen LogP contribution in [0, 0.1) is 11.3 Å². The van der Waals surface area contributed by atoms with Gasteiger partial charge in [0, 0.05) is 19.9 Å². The highest BCUT2D eigenvalue weighted by Gasteiger charge is 2.03. The second-order valence-electron chi connectivity index (χ2n) is 3.31. The van der Waals surface area contributed by atoms with Gasteiger partial charge in [0.05, 0.1) is 19.0 Å². The molecule has 0 spiro atoms. The summed E-state index contributed by atoms with van der Waals surface area (Å²) >= 11 is 0. The van der Waals surface area contributed by atoms with Gasteiger partial charge in [-0.1, -0.05) is 12.1 Å². The molecule has 16 heavy (non-hydrogen) atoms. The molecule has 0 saturated carbocycles. The van der Waals surface area contributed by atoms with Crippen LogP contribution >= 0.6 is 0 Å². The van der Waals surface area contributed by atoms with E-state index in [4.69, 9.17) is 14.7 Å². The molecule has 0 aliphatic heterocycles. The highest BCUT2D eigenvalue weighted by atomic mass is 16.7. The molecule has 0 radical (unpaired) electrons. The van der Waals surface area contributed by atoms with E-state index in [1.807, 2.05) is 24.3 Å². The quantitative estimate of drug-likeness (QED) is 0.742. The number of rotatable bonds is 6. The number of nitriles is 1. The number of methoxy groups -OCH3 is 2. The second-order valence-corrected chi connectivity index (χ2v) is 3.31. The van der Waals surface area contributed by atoms with Gasteiger partial charge in [-0.15, -0.1) is 0 Å². The van der Waals surface area contributed by atoms with E-state index in [2.05, 4.69) is 11.4 Å². The summed E-state index contributed by atoms with van der Waals surface area (Å²) in [5.41, 5.74) is 2.00. The Bertz CT molecular complexity index is 339. The molecule has 0 unspecified atom stereocenters. The lowest BCUT2D eigenvalue weighted by molar-refractivity contribution is -0.0914. The van der Waals surface area contributed by atoms with E-state index in [0.717, 1.165) is 11.3 Å². The van der Waals surface area contributed by atoms with Crippen molar-refractivity contribution in [2.24, 2.45) is 0 Å². The summed E-state index contributed by atoms with van der Waals surface area (Å²) in [4.78, 5) is 0. The van der Waals surface area contributed by atoms with Crippen molar-refractivity contribution >= 4 is 5.69 Å². The number of nitrogens with one attached hydrogen (secondary N) is 1. The number of anilines is 1. The van der Waals surface area contributed by atoms with Gasteiger partial charge < -0.3 is 14.8 Å². The van der Waals surface area contributed by atoms with E-state index in [-0.39, 0.29) is 6.29 Å². The topological polar surface area (TPSA) is 54.3 Å².